The minimum atomic E-state index is -0.822. The van der Waals surface area contributed by atoms with Crippen molar-refractivity contribution in [3.63, 3.8) is 0 Å². The summed E-state index contributed by atoms with van der Waals surface area (Å²) in [5.41, 5.74) is 0.761. The number of rotatable bonds is 1. The summed E-state index contributed by atoms with van der Waals surface area (Å²) in [6.45, 7) is 0. The monoisotopic (exact) mass is 272 g/mol. The van der Waals surface area contributed by atoms with Gasteiger partial charge in [-0.1, -0.05) is 0 Å². The second kappa shape index (κ2) is 3.01. The molecule has 2 nitrogen and oxygen atoms in total. The molecule has 0 saturated heterocycles. The standard InChI is InChI=1S/C10H7BrF2N2/c11-10-14-7-4-3-6(12)8(13)9(7)15(10)5-1-2-5/h3-5H,1-2H2. The molecule has 0 unspecified atom stereocenters. The van der Waals surface area contributed by atoms with Crippen molar-refractivity contribution in [1.82, 2.24) is 9.55 Å². The van der Waals surface area contributed by atoms with E-state index in [2.05, 4.69) is 20.9 Å². The molecule has 5 heteroatoms. The van der Waals surface area contributed by atoms with Gasteiger partial charge in [0.05, 0.1) is 5.52 Å². The number of fused-ring (bicyclic) bond motifs is 1. The highest BCUT2D eigenvalue weighted by Crippen LogP contribution is 2.40. The average Bonchev–Trinajstić information content (AvgIpc) is 2.97. The van der Waals surface area contributed by atoms with Crippen LogP contribution in [-0.4, -0.2) is 9.55 Å². The van der Waals surface area contributed by atoms with Crippen LogP contribution in [0.25, 0.3) is 11.0 Å². The fraction of sp³-hybridized carbons (Fsp3) is 0.300. The number of aromatic nitrogens is 2. The Kier molecular flexibility index (Phi) is 1.86. The number of halogens is 3. The highest BCUT2D eigenvalue weighted by atomic mass is 79.9. The lowest BCUT2D eigenvalue weighted by molar-refractivity contribution is 0.511. The normalized spacial score (nSPS) is 16.2. The number of hydrogen-bond donors (Lipinski definition) is 0. The summed E-state index contributed by atoms with van der Waals surface area (Å²) < 4.78 is 29.0. The van der Waals surface area contributed by atoms with Crippen LogP contribution in [0.15, 0.2) is 16.9 Å². The Labute approximate surface area is 93.0 Å². The molecule has 2 aromatic rings. The predicted octanol–water partition coefficient (Wildman–Crippen LogP) is 3.41. The Hall–Kier alpha value is -0.970. The van der Waals surface area contributed by atoms with E-state index in [9.17, 15) is 8.78 Å². The van der Waals surface area contributed by atoms with Crippen LogP contribution < -0.4 is 0 Å². The lowest BCUT2D eigenvalue weighted by Gasteiger charge is -2.03. The topological polar surface area (TPSA) is 17.8 Å². The summed E-state index contributed by atoms with van der Waals surface area (Å²) in [7, 11) is 0. The highest BCUT2D eigenvalue weighted by Gasteiger charge is 2.29. The number of hydrogen-bond acceptors (Lipinski definition) is 1. The lowest BCUT2D eigenvalue weighted by atomic mass is 10.3. The summed E-state index contributed by atoms with van der Waals surface area (Å²) in [5.74, 6) is -1.63. The van der Waals surface area contributed by atoms with E-state index in [1.807, 2.05) is 0 Å². The molecule has 1 heterocycles. The molecule has 3 rings (SSSR count). The number of benzene rings is 1. The van der Waals surface area contributed by atoms with Gasteiger partial charge in [0.15, 0.2) is 16.4 Å². The van der Waals surface area contributed by atoms with E-state index >= 15 is 0 Å². The van der Waals surface area contributed by atoms with Crippen LogP contribution in [0.1, 0.15) is 18.9 Å². The van der Waals surface area contributed by atoms with Gasteiger partial charge in [-0.05, 0) is 40.9 Å². The summed E-state index contributed by atoms with van der Waals surface area (Å²) in [6.07, 6.45) is 2.00. The molecule has 1 aliphatic rings. The predicted molar refractivity (Wildman–Crippen MR) is 55.6 cm³/mol. The molecule has 0 radical (unpaired) electrons. The van der Waals surface area contributed by atoms with Gasteiger partial charge in [0.1, 0.15) is 5.52 Å². The zero-order valence-electron chi connectivity index (χ0n) is 7.67. The first kappa shape index (κ1) is 9.27. The molecule has 0 atom stereocenters. The third kappa shape index (κ3) is 1.29. The van der Waals surface area contributed by atoms with Crippen LogP contribution in [0.2, 0.25) is 0 Å². The Morgan fingerprint density at radius 1 is 1.33 bits per heavy atom. The van der Waals surface area contributed by atoms with Gasteiger partial charge in [-0.3, -0.25) is 0 Å². The van der Waals surface area contributed by atoms with E-state index in [4.69, 9.17) is 0 Å². The first-order valence-electron chi connectivity index (χ1n) is 4.70. The van der Waals surface area contributed by atoms with Crippen LogP contribution in [0.5, 0.6) is 0 Å². The van der Waals surface area contributed by atoms with Crippen molar-refractivity contribution < 1.29 is 8.78 Å². The summed E-state index contributed by atoms with van der Waals surface area (Å²) >= 11 is 3.27. The van der Waals surface area contributed by atoms with Gasteiger partial charge < -0.3 is 4.57 Å². The minimum Gasteiger partial charge on any atom is -0.313 e. The fourth-order valence-corrected chi connectivity index (χ4v) is 2.42. The second-order valence-corrected chi connectivity index (χ2v) is 4.42. The van der Waals surface area contributed by atoms with Crippen molar-refractivity contribution in [2.24, 2.45) is 0 Å². The smallest absolute Gasteiger partial charge is 0.184 e. The molecular formula is C10H7BrF2N2. The lowest BCUT2D eigenvalue weighted by Crippen LogP contribution is -1.97. The number of imidazole rings is 1. The van der Waals surface area contributed by atoms with Crippen LogP contribution in [-0.2, 0) is 0 Å². The molecule has 1 fully saturated rings. The maximum Gasteiger partial charge on any atom is 0.184 e. The van der Waals surface area contributed by atoms with Gasteiger partial charge >= 0.3 is 0 Å². The van der Waals surface area contributed by atoms with Gasteiger partial charge in [-0.2, -0.15) is 0 Å². The van der Waals surface area contributed by atoms with Gasteiger partial charge in [0.25, 0.3) is 0 Å². The Balaban J connectivity index is 2.40. The second-order valence-electron chi connectivity index (χ2n) is 3.71. The SMILES string of the molecule is Fc1ccc2nc(Br)n(C3CC3)c2c1F. The average molecular weight is 273 g/mol. The van der Waals surface area contributed by atoms with Gasteiger partial charge in [-0.15, -0.1) is 0 Å². The van der Waals surface area contributed by atoms with Crippen LogP contribution in [0.4, 0.5) is 8.78 Å². The molecule has 15 heavy (non-hydrogen) atoms. The van der Waals surface area contributed by atoms with Gasteiger partial charge in [0.2, 0.25) is 0 Å². The third-order valence-corrected chi connectivity index (χ3v) is 3.17. The third-order valence-electron chi connectivity index (χ3n) is 2.61. The highest BCUT2D eigenvalue weighted by molar-refractivity contribution is 9.10. The molecule has 0 bridgehead atoms. The summed E-state index contributed by atoms with van der Waals surface area (Å²) in [5, 5.41) is 0. The van der Waals surface area contributed by atoms with E-state index in [1.165, 1.54) is 6.07 Å². The molecule has 1 aliphatic carbocycles. The van der Waals surface area contributed by atoms with Crippen LogP contribution in [0, 0.1) is 11.6 Å². The maximum absolute atomic E-state index is 13.6. The first-order chi connectivity index (χ1) is 7.18. The zero-order chi connectivity index (χ0) is 10.6. The molecule has 0 N–H and O–H groups in total. The Morgan fingerprint density at radius 3 is 2.73 bits per heavy atom. The number of nitrogens with zero attached hydrogens (tertiary/aromatic N) is 2. The molecule has 1 aromatic carbocycles. The van der Waals surface area contributed by atoms with Crippen molar-refractivity contribution in [1.29, 1.82) is 0 Å². The fourth-order valence-electron chi connectivity index (χ4n) is 1.76. The quantitative estimate of drug-likeness (QED) is 0.778. The van der Waals surface area contributed by atoms with E-state index in [0.29, 0.717) is 10.3 Å². The molecule has 1 aromatic heterocycles. The van der Waals surface area contributed by atoms with E-state index < -0.39 is 11.6 Å². The van der Waals surface area contributed by atoms with Crippen LogP contribution >= 0.6 is 15.9 Å². The van der Waals surface area contributed by atoms with Gasteiger partial charge in [-0.25, -0.2) is 13.8 Å². The maximum atomic E-state index is 13.6. The van der Waals surface area contributed by atoms with E-state index in [1.54, 1.807) is 4.57 Å². The largest absolute Gasteiger partial charge is 0.313 e. The van der Waals surface area contributed by atoms with Crippen molar-refractivity contribution in [2.45, 2.75) is 18.9 Å². The van der Waals surface area contributed by atoms with Gasteiger partial charge in [0, 0.05) is 6.04 Å². The molecular weight excluding hydrogens is 266 g/mol. The first-order valence-corrected chi connectivity index (χ1v) is 5.49. The minimum absolute atomic E-state index is 0.265. The van der Waals surface area contributed by atoms with Crippen molar-refractivity contribution in [3.8, 4) is 0 Å². The molecule has 0 aliphatic heterocycles. The molecule has 78 valence electrons. The summed E-state index contributed by atoms with van der Waals surface area (Å²) in [6, 6.07) is 2.87. The molecule has 0 amide bonds. The molecule has 0 spiro atoms. The Morgan fingerprint density at radius 2 is 2.07 bits per heavy atom. The Bertz CT molecular complexity index is 546. The van der Waals surface area contributed by atoms with E-state index in [0.717, 1.165) is 18.9 Å². The summed E-state index contributed by atoms with van der Waals surface area (Å²) in [4.78, 5) is 4.15. The van der Waals surface area contributed by atoms with Crippen molar-refractivity contribution in [3.05, 3.63) is 28.5 Å². The molecule has 1 saturated carbocycles. The van der Waals surface area contributed by atoms with Crippen molar-refractivity contribution >= 4 is 27.0 Å². The van der Waals surface area contributed by atoms with E-state index in [-0.39, 0.29) is 11.6 Å². The van der Waals surface area contributed by atoms with Crippen molar-refractivity contribution in [2.75, 3.05) is 0 Å². The van der Waals surface area contributed by atoms with Crippen LogP contribution in [0.3, 0.4) is 0 Å². The zero-order valence-corrected chi connectivity index (χ0v) is 9.26.